The molecule has 4 heterocycles. The van der Waals surface area contributed by atoms with E-state index in [0.717, 1.165) is 71.6 Å². The Kier molecular flexibility index (Phi) is 7.00. The molecule has 0 aliphatic heterocycles. The Hall–Kier alpha value is -7.48. The summed E-state index contributed by atoms with van der Waals surface area (Å²) < 4.78 is 15.3. The highest BCUT2D eigenvalue weighted by molar-refractivity contribution is 7.25. The molecule has 4 aromatic heterocycles. The third kappa shape index (κ3) is 5.24. The van der Waals surface area contributed by atoms with Crippen molar-refractivity contribution in [2.24, 2.45) is 0 Å². The number of furan rings is 1. The average Bonchev–Trinajstić information content (AvgIpc) is 4.00. The van der Waals surface area contributed by atoms with Crippen molar-refractivity contribution in [1.82, 2.24) is 19.9 Å². The number of hydrogen-bond donors (Lipinski definition) is 0. The quantitative estimate of drug-likeness (QED) is 0.174. The molecule has 0 saturated carbocycles. The van der Waals surface area contributed by atoms with Gasteiger partial charge in [-0.2, -0.15) is 0 Å². The van der Waals surface area contributed by atoms with E-state index in [1.165, 1.54) is 20.2 Å². The molecule has 0 spiro atoms. The molecule has 8 aromatic carbocycles. The van der Waals surface area contributed by atoms with Gasteiger partial charge in [-0.15, -0.1) is 11.3 Å². The predicted molar refractivity (Wildman–Crippen MR) is 232 cm³/mol. The maximum Gasteiger partial charge on any atom is 0.227 e. The summed E-state index contributed by atoms with van der Waals surface area (Å²) in [6, 6.07) is 58.3. The maximum atomic E-state index is 6.45. The Bertz CT molecular complexity index is 3530. The highest BCUT2D eigenvalue weighted by Crippen LogP contribution is 2.41. The van der Waals surface area contributed by atoms with Gasteiger partial charge in [-0.3, -0.25) is 0 Å². The van der Waals surface area contributed by atoms with Crippen LogP contribution in [0.2, 0.25) is 0 Å². The molecule has 12 aromatic rings. The predicted octanol–water partition coefficient (Wildman–Crippen LogP) is 13.8. The molecule has 6 nitrogen and oxygen atoms in total. The summed E-state index contributed by atoms with van der Waals surface area (Å²) in [5, 5.41) is 6.55. The standard InChI is InChI=1S/C50H28N4O2S/c1-3-10-30(11-4-1)47-52-48(34-15-9-14-32(26-34)33-20-22-37-36-16-7-8-17-42(36)57-43(37)28-33)54-49(53-47)35-19-18-29-21-23-39-44(38(29)27-35)45-40(55-39)24-25-41-46(45)51-50(56-41)31-12-5-2-6-13-31/h1-28H. The number of hydrogen-bond acceptors (Lipinski definition) is 7. The first-order valence-corrected chi connectivity index (χ1v) is 19.6. The molecular formula is C50H28N4O2S. The minimum absolute atomic E-state index is 0.573. The first kappa shape index (κ1) is 31.8. The van der Waals surface area contributed by atoms with Gasteiger partial charge in [0.1, 0.15) is 16.7 Å². The van der Waals surface area contributed by atoms with Gasteiger partial charge in [0.25, 0.3) is 0 Å². The van der Waals surface area contributed by atoms with E-state index >= 15 is 0 Å². The Morgan fingerprint density at radius 3 is 1.79 bits per heavy atom. The molecule has 0 amide bonds. The summed E-state index contributed by atoms with van der Waals surface area (Å²) in [7, 11) is 0. The first-order chi connectivity index (χ1) is 28.2. The normalized spacial score (nSPS) is 11.9. The Balaban J connectivity index is 1.02. The number of nitrogens with zero attached hydrogens (tertiary/aromatic N) is 4. The highest BCUT2D eigenvalue weighted by atomic mass is 32.1. The fourth-order valence-electron chi connectivity index (χ4n) is 8.00. The van der Waals surface area contributed by atoms with Gasteiger partial charge in [-0.1, -0.05) is 115 Å². The van der Waals surface area contributed by atoms with E-state index in [-0.39, 0.29) is 0 Å². The molecule has 0 atom stereocenters. The molecule has 0 aliphatic carbocycles. The molecule has 12 rings (SSSR count). The lowest BCUT2D eigenvalue weighted by Crippen LogP contribution is -2.00. The van der Waals surface area contributed by atoms with Gasteiger partial charge < -0.3 is 8.83 Å². The van der Waals surface area contributed by atoms with Crippen molar-refractivity contribution < 1.29 is 8.83 Å². The van der Waals surface area contributed by atoms with Crippen LogP contribution < -0.4 is 0 Å². The van der Waals surface area contributed by atoms with E-state index < -0.39 is 0 Å². The Morgan fingerprint density at radius 2 is 0.947 bits per heavy atom. The van der Waals surface area contributed by atoms with Crippen LogP contribution in [0.4, 0.5) is 0 Å². The zero-order valence-corrected chi connectivity index (χ0v) is 31.0. The van der Waals surface area contributed by atoms with Crippen LogP contribution in [-0.4, -0.2) is 19.9 Å². The van der Waals surface area contributed by atoms with Crippen LogP contribution in [-0.2, 0) is 0 Å². The van der Waals surface area contributed by atoms with Crippen LogP contribution in [0.5, 0.6) is 0 Å². The van der Waals surface area contributed by atoms with Gasteiger partial charge in [0.15, 0.2) is 23.1 Å². The Morgan fingerprint density at radius 1 is 0.351 bits per heavy atom. The first-order valence-electron chi connectivity index (χ1n) is 18.8. The third-order valence-corrected chi connectivity index (χ3v) is 11.9. The zero-order valence-electron chi connectivity index (χ0n) is 30.2. The third-order valence-electron chi connectivity index (χ3n) is 10.8. The number of benzene rings is 8. The lowest BCUT2D eigenvalue weighted by Gasteiger charge is -2.10. The number of aromatic nitrogens is 4. The topological polar surface area (TPSA) is 77.8 Å². The second-order valence-electron chi connectivity index (χ2n) is 14.2. The van der Waals surface area contributed by atoms with Gasteiger partial charge in [0.2, 0.25) is 5.89 Å². The second kappa shape index (κ2) is 12.5. The molecule has 0 unspecified atom stereocenters. The minimum Gasteiger partial charge on any atom is -0.456 e. The van der Waals surface area contributed by atoms with E-state index in [0.29, 0.717) is 28.9 Å². The lowest BCUT2D eigenvalue weighted by atomic mass is 10.00. The zero-order chi connectivity index (χ0) is 37.5. The van der Waals surface area contributed by atoms with Crippen LogP contribution in [0.1, 0.15) is 0 Å². The smallest absolute Gasteiger partial charge is 0.227 e. The van der Waals surface area contributed by atoms with Crippen LogP contribution >= 0.6 is 11.3 Å². The number of thiophene rings is 1. The number of oxazole rings is 1. The van der Waals surface area contributed by atoms with Gasteiger partial charge in [-0.05, 0) is 76.5 Å². The van der Waals surface area contributed by atoms with Gasteiger partial charge in [-0.25, -0.2) is 19.9 Å². The van der Waals surface area contributed by atoms with Crippen molar-refractivity contribution >= 4 is 75.3 Å². The minimum atomic E-state index is 0.573. The van der Waals surface area contributed by atoms with Crippen LogP contribution in [0, 0.1) is 0 Å². The summed E-state index contributed by atoms with van der Waals surface area (Å²) in [6.07, 6.45) is 0. The molecule has 0 radical (unpaired) electrons. The molecule has 57 heavy (non-hydrogen) atoms. The lowest BCUT2D eigenvalue weighted by molar-refractivity contribution is 0.619. The molecule has 266 valence electrons. The molecule has 0 N–H and O–H groups in total. The van der Waals surface area contributed by atoms with E-state index in [2.05, 4.69) is 91.0 Å². The fraction of sp³-hybridized carbons (Fsp3) is 0. The van der Waals surface area contributed by atoms with Crippen molar-refractivity contribution in [1.29, 1.82) is 0 Å². The monoisotopic (exact) mass is 748 g/mol. The van der Waals surface area contributed by atoms with E-state index in [9.17, 15) is 0 Å². The van der Waals surface area contributed by atoms with Crippen LogP contribution in [0.25, 0.3) is 121 Å². The Labute approximate surface area is 329 Å². The fourth-order valence-corrected chi connectivity index (χ4v) is 9.15. The van der Waals surface area contributed by atoms with Crippen LogP contribution in [0.3, 0.4) is 0 Å². The van der Waals surface area contributed by atoms with E-state index in [1.807, 2.05) is 90.2 Å². The van der Waals surface area contributed by atoms with E-state index in [1.54, 1.807) is 0 Å². The van der Waals surface area contributed by atoms with Crippen molar-refractivity contribution in [3.8, 4) is 56.7 Å². The highest BCUT2D eigenvalue weighted by Gasteiger charge is 2.20. The summed E-state index contributed by atoms with van der Waals surface area (Å²) in [4.78, 5) is 20.3. The largest absolute Gasteiger partial charge is 0.456 e. The number of fused-ring (bicyclic) bond motifs is 10. The van der Waals surface area contributed by atoms with Gasteiger partial charge >= 0.3 is 0 Å². The van der Waals surface area contributed by atoms with Crippen LogP contribution in [0.15, 0.2) is 179 Å². The molecule has 0 saturated heterocycles. The second-order valence-corrected chi connectivity index (χ2v) is 15.3. The van der Waals surface area contributed by atoms with Crippen molar-refractivity contribution in [2.75, 3.05) is 0 Å². The van der Waals surface area contributed by atoms with Crippen molar-refractivity contribution in [2.45, 2.75) is 0 Å². The maximum absolute atomic E-state index is 6.45. The molecule has 0 bridgehead atoms. The summed E-state index contributed by atoms with van der Waals surface area (Å²) in [5.74, 6) is 2.37. The summed E-state index contributed by atoms with van der Waals surface area (Å²) in [6.45, 7) is 0. The molecule has 0 fully saturated rings. The molecular weight excluding hydrogens is 721 g/mol. The van der Waals surface area contributed by atoms with E-state index in [4.69, 9.17) is 28.8 Å². The van der Waals surface area contributed by atoms with Gasteiger partial charge in [0, 0.05) is 47.8 Å². The SMILES string of the molecule is c1ccc(-c2nc(-c3cccc(-c4ccc5c(c4)sc4ccccc45)c3)nc(-c3ccc4ccc5oc6ccc7oc(-c8ccccc8)nc7c6c5c4c3)n2)cc1. The molecule has 7 heteroatoms. The van der Waals surface area contributed by atoms with Crippen molar-refractivity contribution in [3.63, 3.8) is 0 Å². The van der Waals surface area contributed by atoms with Crippen molar-refractivity contribution in [3.05, 3.63) is 170 Å². The summed E-state index contributed by atoms with van der Waals surface area (Å²) in [5.41, 5.74) is 8.87. The molecule has 0 aliphatic rings. The summed E-state index contributed by atoms with van der Waals surface area (Å²) >= 11 is 1.83. The average molecular weight is 749 g/mol. The van der Waals surface area contributed by atoms with Gasteiger partial charge in [0.05, 0.1) is 5.39 Å². The number of rotatable bonds is 5.